The van der Waals surface area contributed by atoms with E-state index in [2.05, 4.69) is 10.1 Å². The normalized spacial score (nSPS) is 17.1. The molecule has 34 heavy (non-hydrogen) atoms. The minimum atomic E-state index is -4.47. The molecule has 0 N–H and O–H groups in total. The van der Waals surface area contributed by atoms with Crippen molar-refractivity contribution >= 4 is 10.0 Å². The molecular formula is C23H25F3N4O3S. The summed E-state index contributed by atoms with van der Waals surface area (Å²) in [7, 11) is -3.60. The number of sulfonamides is 1. The first kappa shape index (κ1) is 24.4. The third kappa shape index (κ3) is 4.86. The lowest BCUT2D eigenvalue weighted by Gasteiger charge is -2.36. The van der Waals surface area contributed by atoms with Gasteiger partial charge in [-0.2, -0.15) is 22.5 Å². The van der Waals surface area contributed by atoms with Crippen LogP contribution < -0.4 is 0 Å². The number of aromatic nitrogens is 2. The number of hydrogen-bond donors (Lipinski definition) is 0. The van der Waals surface area contributed by atoms with E-state index < -0.39 is 21.8 Å². The van der Waals surface area contributed by atoms with Crippen LogP contribution in [0.15, 0.2) is 51.9 Å². The van der Waals surface area contributed by atoms with Crippen LogP contribution in [-0.4, -0.2) is 53.9 Å². The van der Waals surface area contributed by atoms with Crippen molar-refractivity contribution < 1.29 is 26.1 Å². The molecule has 11 heteroatoms. The summed E-state index contributed by atoms with van der Waals surface area (Å²) >= 11 is 0. The first-order valence-corrected chi connectivity index (χ1v) is 12.2. The van der Waals surface area contributed by atoms with Gasteiger partial charge >= 0.3 is 6.18 Å². The molecule has 0 aliphatic carbocycles. The fourth-order valence-corrected chi connectivity index (χ4v) is 5.38. The molecule has 0 saturated carbocycles. The summed E-state index contributed by atoms with van der Waals surface area (Å²) in [4.78, 5) is 6.58. The molecule has 1 saturated heterocycles. The van der Waals surface area contributed by atoms with Gasteiger partial charge < -0.3 is 4.52 Å². The number of hydrogen-bond acceptors (Lipinski definition) is 6. The van der Waals surface area contributed by atoms with E-state index in [1.165, 1.54) is 16.4 Å². The van der Waals surface area contributed by atoms with Crippen molar-refractivity contribution in [3.63, 3.8) is 0 Å². The molecule has 1 fully saturated rings. The third-order valence-corrected chi connectivity index (χ3v) is 8.08. The highest BCUT2D eigenvalue weighted by molar-refractivity contribution is 7.89. The van der Waals surface area contributed by atoms with E-state index in [4.69, 9.17) is 4.52 Å². The SMILES string of the molecule is Cc1ccc(S(=O)(=O)N2CCN(C(C)c3nc(-c4cccc(C(F)(F)F)c4)no3)CC2)cc1C. The van der Waals surface area contributed by atoms with Crippen molar-refractivity contribution in [2.24, 2.45) is 0 Å². The predicted molar refractivity (Wildman–Crippen MR) is 119 cm³/mol. The van der Waals surface area contributed by atoms with Crippen LogP contribution in [0.5, 0.6) is 0 Å². The smallest absolute Gasteiger partial charge is 0.337 e. The molecule has 2 aromatic carbocycles. The van der Waals surface area contributed by atoms with E-state index in [1.54, 1.807) is 18.2 Å². The number of piperazine rings is 1. The molecular weight excluding hydrogens is 469 g/mol. The lowest BCUT2D eigenvalue weighted by atomic mass is 10.1. The zero-order valence-electron chi connectivity index (χ0n) is 19.0. The number of nitrogens with zero attached hydrogens (tertiary/aromatic N) is 4. The second-order valence-corrected chi connectivity index (χ2v) is 10.3. The molecule has 1 atom stereocenters. The highest BCUT2D eigenvalue weighted by Gasteiger charge is 2.33. The van der Waals surface area contributed by atoms with E-state index in [9.17, 15) is 21.6 Å². The molecule has 3 aromatic rings. The summed E-state index contributed by atoms with van der Waals surface area (Å²) in [6.07, 6.45) is -4.47. The van der Waals surface area contributed by atoms with E-state index >= 15 is 0 Å². The van der Waals surface area contributed by atoms with E-state index in [1.807, 2.05) is 25.7 Å². The molecule has 7 nitrogen and oxygen atoms in total. The average Bonchev–Trinajstić information content (AvgIpc) is 3.30. The number of benzene rings is 2. The lowest BCUT2D eigenvalue weighted by molar-refractivity contribution is -0.137. The molecule has 0 spiro atoms. The zero-order chi connectivity index (χ0) is 24.7. The number of rotatable bonds is 5. The summed E-state index contributed by atoms with van der Waals surface area (Å²) in [6.45, 7) is 7.16. The minimum Gasteiger partial charge on any atom is -0.337 e. The first-order chi connectivity index (χ1) is 16.0. The second-order valence-electron chi connectivity index (χ2n) is 8.40. The Labute approximate surface area is 196 Å². The van der Waals surface area contributed by atoms with Crippen molar-refractivity contribution in [3.8, 4) is 11.4 Å². The molecule has 0 radical (unpaired) electrons. The van der Waals surface area contributed by atoms with Crippen LogP contribution in [0.1, 0.15) is 35.5 Å². The van der Waals surface area contributed by atoms with Crippen LogP contribution in [0.4, 0.5) is 13.2 Å². The van der Waals surface area contributed by atoms with Crippen molar-refractivity contribution in [1.29, 1.82) is 0 Å². The maximum Gasteiger partial charge on any atom is 0.416 e. The predicted octanol–water partition coefficient (Wildman–Crippen LogP) is 4.44. The van der Waals surface area contributed by atoms with Gasteiger partial charge in [-0.3, -0.25) is 4.90 Å². The molecule has 0 amide bonds. The Morgan fingerprint density at radius 3 is 2.35 bits per heavy atom. The highest BCUT2D eigenvalue weighted by Crippen LogP contribution is 2.32. The maximum atomic E-state index is 13.0. The van der Waals surface area contributed by atoms with Gasteiger partial charge in [0.2, 0.25) is 21.7 Å². The van der Waals surface area contributed by atoms with Gasteiger partial charge in [0.1, 0.15) is 0 Å². The summed E-state index contributed by atoms with van der Waals surface area (Å²) in [5.41, 5.74) is 1.37. The molecule has 0 bridgehead atoms. The Kier molecular flexibility index (Phi) is 6.54. The molecule has 1 aliphatic heterocycles. The first-order valence-electron chi connectivity index (χ1n) is 10.8. The van der Waals surface area contributed by atoms with Crippen molar-refractivity contribution in [3.05, 3.63) is 65.0 Å². The van der Waals surface area contributed by atoms with E-state index in [0.29, 0.717) is 26.2 Å². The summed E-state index contributed by atoms with van der Waals surface area (Å²) in [5.74, 6) is 0.335. The van der Waals surface area contributed by atoms with Crippen molar-refractivity contribution in [1.82, 2.24) is 19.3 Å². The monoisotopic (exact) mass is 494 g/mol. The Hall–Kier alpha value is -2.76. The molecule has 2 heterocycles. The molecule has 4 rings (SSSR count). The minimum absolute atomic E-state index is 0.0731. The van der Waals surface area contributed by atoms with Gasteiger partial charge in [0.05, 0.1) is 16.5 Å². The molecule has 182 valence electrons. The van der Waals surface area contributed by atoms with Crippen molar-refractivity contribution in [2.75, 3.05) is 26.2 Å². The number of alkyl halides is 3. The van der Waals surface area contributed by atoms with Crippen LogP contribution in [0.3, 0.4) is 0 Å². The van der Waals surface area contributed by atoms with E-state index in [0.717, 1.165) is 23.3 Å². The molecule has 1 unspecified atom stereocenters. The van der Waals surface area contributed by atoms with Gasteiger partial charge in [-0.1, -0.05) is 23.4 Å². The van der Waals surface area contributed by atoms with Gasteiger partial charge in [-0.15, -0.1) is 0 Å². The van der Waals surface area contributed by atoms with Gasteiger partial charge in [-0.25, -0.2) is 8.42 Å². The van der Waals surface area contributed by atoms with Gasteiger partial charge in [0.25, 0.3) is 0 Å². The fourth-order valence-electron chi connectivity index (χ4n) is 3.87. The van der Waals surface area contributed by atoms with Crippen LogP contribution in [0.2, 0.25) is 0 Å². The van der Waals surface area contributed by atoms with Crippen LogP contribution >= 0.6 is 0 Å². The highest BCUT2D eigenvalue weighted by atomic mass is 32.2. The summed E-state index contributed by atoms with van der Waals surface area (Å²) in [6, 6.07) is 9.55. The quantitative estimate of drug-likeness (QED) is 0.522. The standard InChI is InChI=1S/C23H25F3N4O3S/c1-15-7-8-20(13-16(15)2)34(31,32)30-11-9-29(10-12-30)17(3)22-27-21(28-33-22)18-5-4-6-19(14-18)23(24,25)26/h4-8,13-14,17H,9-12H2,1-3H3. The Balaban J connectivity index is 1.44. The lowest BCUT2D eigenvalue weighted by Crippen LogP contribution is -2.49. The van der Waals surface area contributed by atoms with E-state index in [-0.39, 0.29) is 28.2 Å². The Morgan fingerprint density at radius 1 is 1.00 bits per heavy atom. The van der Waals surface area contributed by atoms with Crippen LogP contribution in [0, 0.1) is 13.8 Å². The van der Waals surface area contributed by atoms with Gasteiger partial charge in [0, 0.05) is 31.7 Å². The second kappa shape index (κ2) is 9.12. The number of aryl methyl sites for hydroxylation is 2. The molecule has 1 aromatic heterocycles. The van der Waals surface area contributed by atoms with Crippen LogP contribution in [0.25, 0.3) is 11.4 Å². The summed E-state index contributed by atoms with van der Waals surface area (Å²) in [5, 5.41) is 3.85. The van der Waals surface area contributed by atoms with Gasteiger partial charge in [-0.05, 0) is 56.2 Å². The Morgan fingerprint density at radius 2 is 1.71 bits per heavy atom. The average molecular weight is 495 g/mol. The maximum absolute atomic E-state index is 13.0. The zero-order valence-corrected chi connectivity index (χ0v) is 19.8. The topological polar surface area (TPSA) is 79.5 Å². The largest absolute Gasteiger partial charge is 0.416 e. The molecule has 1 aliphatic rings. The third-order valence-electron chi connectivity index (χ3n) is 6.18. The van der Waals surface area contributed by atoms with Crippen LogP contribution in [-0.2, 0) is 16.2 Å². The van der Waals surface area contributed by atoms with Crippen molar-refractivity contribution in [2.45, 2.75) is 37.9 Å². The summed E-state index contributed by atoms with van der Waals surface area (Å²) < 4.78 is 71.9. The van der Waals surface area contributed by atoms with Gasteiger partial charge in [0.15, 0.2) is 0 Å². The fraction of sp³-hybridized carbons (Fsp3) is 0.391. The number of halogens is 3. The Bertz CT molecular complexity index is 1280.